The Morgan fingerprint density at radius 1 is 0.550 bits per heavy atom. The van der Waals surface area contributed by atoms with Gasteiger partial charge in [0, 0.05) is 27.6 Å². The van der Waals surface area contributed by atoms with Crippen LogP contribution in [0, 0.1) is 0 Å². The quantitative estimate of drug-likeness (QED) is 0.157. The minimum Gasteiger partial charge on any atom is -0.352 e. The Balaban J connectivity index is 1.57. The number of hydrogen-bond acceptors (Lipinski definition) is 6. The highest BCUT2D eigenvalue weighted by molar-refractivity contribution is 6.15. The van der Waals surface area contributed by atoms with Crippen LogP contribution in [0.4, 0.5) is 17.1 Å². The maximum Gasteiger partial charge on any atom is 0.238 e. The zero-order valence-electron chi connectivity index (χ0n) is 21.5. The van der Waals surface area contributed by atoms with Gasteiger partial charge < -0.3 is 10.7 Å². The third-order valence-electron chi connectivity index (χ3n) is 6.92. The van der Waals surface area contributed by atoms with E-state index in [0.717, 1.165) is 50.0 Å². The van der Waals surface area contributed by atoms with Crippen LogP contribution in [0.15, 0.2) is 127 Å². The molecule has 2 heterocycles. The maximum absolute atomic E-state index is 6.04. The van der Waals surface area contributed by atoms with Crippen molar-refractivity contribution < 1.29 is 0 Å². The first-order valence-electron chi connectivity index (χ1n) is 13.0. The molecule has 0 aliphatic carbocycles. The Bertz CT molecular complexity index is 1890. The van der Waals surface area contributed by atoms with Crippen molar-refractivity contribution in [1.29, 1.82) is 0 Å². The molecular weight excluding hydrogens is 494 g/mol. The molecule has 7 nitrogen and oxygen atoms in total. The second-order valence-corrected chi connectivity index (χ2v) is 9.39. The van der Waals surface area contributed by atoms with Crippen LogP contribution in [0.25, 0.3) is 50.5 Å². The molecule has 7 aromatic rings. The molecule has 192 valence electrons. The van der Waals surface area contributed by atoms with E-state index in [2.05, 4.69) is 33.5 Å². The lowest BCUT2D eigenvalue weighted by Crippen LogP contribution is -2.11. The summed E-state index contributed by atoms with van der Waals surface area (Å²) in [6.45, 7) is 0. The fourth-order valence-corrected chi connectivity index (χ4v) is 5.08. The molecular formula is C33H25N7. The Labute approximate surface area is 231 Å². The smallest absolute Gasteiger partial charge is 0.238 e. The van der Waals surface area contributed by atoms with Crippen LogP contribution in [-0.4, -0.2) is 19.5 Å². The van der Waals surface area contributed by atoms with Crippen molar-refractivity contribution >= 4 is 38.9 Å². The summed E-state index contributed by atoms with van der Waals surface area (Å²) in [5, 5.41) is 5.73. The van der Waals surface area contributed by atoms with Crippen molar-refractivity contribution in [3.8, 4) is 28.7 Å². The number of anilines is 3. The van der Waals surface area contributed by atoms with Crippen LogP contribution < -0.4 is 16.6 Å². The Morgan fingerprint density at radius 3 is 1.75 bits per heavy atom. The predicted molar refractivity (Wildman–Crippen MR) is 163 cm³/mol. The number of benzene rings is 5. The molecule has 5 aromatic carbocycles. The molecule has 0 aliphatic heterocycles. The van der Waals surface area contributed by atoms with Gasteiger partial charge in [-0.3, -0.25) is 10.4 Å². The molecule has 0 saturated carbocycles. The average Bonchev–Trinajstić information content (AvgIpc) is 3.37. The van der Waals surface area contributed by atoms with Gasteiger partial charge in [-0.05, 0) is 30.3 Å². The molecule has 0 unspecified atom stereocenters. The van der Waals surface area contributed by atoms with Gasteiger partial charge in [-0.25, -0.2) is 4.98 Å². The third kappa shape index (κ3) is 4.11. The number of nitrogen functional groups attached to an aromatic ring is 1. The molecule has 7 rings (SSSR count). The number of rotatable bonds is 6. The molecule has 7 heteroatoms. The van der Waals surface area contributed by atoms with Gasteiger partial charge in [0.2, 0.25) is 5.95 Å². The predicted octanol–water partition coefficient (Wildman–Crippen LogP) is 7.33. The van der Waals surface area contributed by atoms with E-state index in [4.69, 9.17) is 20.8 Å². The van der Waals surface area contributed by atoms with E-state index in [-0.39, 0.29) is 0 Å². The fourth-order valence-electron chi connectivity index (χ4n) is 5.08. The summed E-state index contributed by atoms with van der Waals surface area (Å²) >= 11 is 0. The van der Waals surface area contributed by atoms with Crippen molar-refractivity contribution in [3.63, 3.8) is 0 Å². The van der Waals surface area contributed by atoms with Crippen LogP contribution in [-0.2, 0) is 0 Å². The fraction of sp³-hybridized carbons (Fsp3) is 0. The first kappa shape index (κ1) is 23.6. The van der Waals surface area contributed by atoms with Gasteiger partial charge in [-0.2, -0.15) is 9.97 Å². The van der Waals surface area contributed by atoms with E-state index in [9.17, 15) is 0 Å². The van der Waals surface area contributed by atoms with Crippen molar-refractivity contribution in [2.45, 2.75) is 0 Å². The highest BCUT2D eigenvalue weighted by atomic mass is 15.2. The minimum absolute atomic E-state index is 0.518. The summed E-state index contributed by atoms with van der Waals surface area (Å²) in [5.41, 5.74) is 9.10. The van der Waals surface area contributed by atoms with Gasteiger partial charge in [0.25, 0.3) is 0 Å². The number of fused-ring (bicyclic) bond motifs is 3. The van der Waals surface area contributed by atoms with E-state index in [0.29, 0.717) is 17.6 Å². The van der Waals surface area contributed by atoms with Gasteiger partial charge in [-0.1, -0.05) is 97.1 Å². The summed E-state index contributed by atoms with van der Waals surface area (Å²) in [7, 11) is 0. The van der Waals surface area contributed by atoms with Crippen molar-refractivity contribution in [3.05, 3.63) is 127 Å². The molecule has 0 spiro atoms. The first-order valence-corrected chi connectivity index (χ1v) is 13.0. The molecule has 4 N–H and O–H groups in total. The summed E-state index contributed by atoms with van der Waals surface area (Å²) in [6.07, 6.45) is 0. The van der Waals surface area contributed by atoms with E-state index < -0.39 is 0 Å². The topological polar surface area (TPSA) is 93.7 Å². The van der Waals surface area contributed by atoms with Crippen LogP contribution in [0.1, 0.15) is 0 Å². The highest BCUT2D eigenvalue weighted by Gasteiger charge is 2.21. The summed E-state index contributed by atoms with van der Waals surface area (Å²) < 4.78 is 2.09. The molecule has 2 aromatic heterocycles. The average molecular weight is 520 g/mol. The van der Waals surface area contributed by atoms with Crippen LogP contribution >= 0.6 is 0 Å². The summed E-state index contributed by atoms with van der Waals surface area (Å²) in [6, 6.07) is 42.4. The van der Waals surface area contributed by atoms with E-state index in [1.807, 2.05) is 109 Å². The standard InChI is InChI=1S/C33H25N7/c34-39-27-21-20-26-25-18-10-11-19-28(25)40(30(26)29(27)35-24-16-8-3-9-17-24)33-37-31(22-12-4-1-5-13-22)36-32(38-33)23-14-6-2-7-15-23/h1-21,35,39H,34H2. The van der Waals surface area contributed by atoms with Gasteiger partial charge in [0.15, 0.2) is 11.6 Å². The normalized spacial score (nSPS) is 11.1. The van der Waals surface area contributed by atoms with Gasteiger partial charge >= 0.3 is 0 Å². The number of hydrazine groups is 1. The van der Waals surface area contributed by atoms with E-state index in [1.165, 1.54) is 0 Å². The van der Waals surface area contributed by atoms with Crippen LogP contribution in [0.3, 0.4) is 0 Å². The Morgan fingerprint density at radius 2 is 1.12 bits per heavy atom. The molecule has 0 bridgehead atoms. The van der Waals surface area contributed by atoms with Crippen LogP contribution in [0.2, 0.25) is 0 Å². The Kier molecular flexibility index (Phi) is 5.88. The van der Waals surface area contributed by atoms with Crippen LogP contribution in [0.5, 0.6) is 0 Å². The lowest BCUT2D eigenvalue weighted by atomic mass is 10.1. The molecule has 0 aliphatic rings. The molecule has 0 atom stereocenters. The molecule has 0 saturated heterocycles. The monoisotopic (exact) mass is 519 g/mol. The lowest BCUT2D eigenvalue weighted by Gasteiger charge is -2.16. The van der Waals surface area contributed by atoms with Gasteiger partial charge in [0.05, 0.1) is 22.4 Å². The lowest BCUT2D eigenvalue weighted by molar-refractivity contribution is 0.954. The number of aromatic nitrogens is 4. The minimum atomic E-state index is 0.518. The molecule has 0 radical (unpaired) electrons. The molecule has 40 heavy (non-hydrogen) atoms. The summed E-state index contributed by atoms with van der Waals surface area (Å²) in [4.78, 5) is 15.0. The van der Waals surface area contributed by atoms with E-state index in [1.54, 1.807) is 0 Å². The SMILES string of the molecule is NNc1ccc2c3ccccc3n(-c3nc(-c4ccccc4)nc(-c4ccccc4)n3)c2c1Nc1ccccc1. The maximum atomic E-state index is 6.04. The molecule has 0 amide bonds. The Hall–Kier alpha value is -5.53. The van der Waals surface area contributed by atoms with Gasteiger partial charge in [0.1, 0.15) is 0 Å². The number of nitrogens with one attached hydrogen (secondary N) is 2. The van der Waals surface area contributed by atoms with Gasteiger partial charge in [-0.15, -0.1) is 0 Å². The number of nitrogens with zero attached hydrogens (tertiary/aromatic N) is 4. The second kappa shape index (κ2) is 9.98. The number of hydrogen-bond donors (Lipinski definition) is 3. The first-order chi connectivity index (χ1) is 19.8. The van der Waals surface area contributed by atoms with E-state index >= 15 is 0 Å². The third-order valence-corrected chi connectivity index (χ3v) is 6.92. The highest BCUT2D eigenvalue weighted by Crippen LogP contribution is 2.40. The number of para-hydroxylation sites is 2. The molecule has 0 fully saturated rings. The second-order valence-electron chi connectivity index (χ2n) is 9.39. The van der Waals surface area contributed by atoms with Crippen molar-refractivity contribution in [2.24, 2.45) is 5.84 Å². The summed E-state index contributed by atoms with van der Waals surface area (Å²) in [5.74, 6) is 7.75. The van der Waals surface area contributed by atoms with Crippen molar-refractivity contribution in [2.75, 3.05) is 10.7 Å². The largest absolute Gasteiger partial charge is 0.352 e. The number of nitrogens with two attached hydrogens (primary N) is 1. The van der Waals surface area contributed by atoms with Crippen molar-refractivity contribution in [1.82, 2.24) is 19.5 Å². The zero-order valence-corrected chi connectivity index (χ0v) is 21.5. The zero-order chi connectivity index (χ0) is 26.9.